The van der Waals surface area contributed by atoms with Gasteiger partial charge in [0, 0.05) is 13.1 Å². The molecule has 158 valence electrons. The predicted octanol–water partition coefficient (Wildman–Crippen LogP) is 1.33. The summed E-state index contributed by atoms with van der Waals surface area (Å²) in [4.78, 5) is 16.0. The van der Waals surface area contributed by atoms with Crippen molar-refractivity contribution >= 4 is 16.1 Å². The van der Waals surface area contributed by atoms with Crippen LogP contribution in [0.3, 0.4) is 0 Å². The molecule has 10 nitrogen and oxygen atoms in total. The van der Waals surface area contributed by atoms with Crippen molar-refractivity contribution in [2.75, 3.05) is 19.6 Å². The highest BCUT2D eigenvalue weighted by Crippen LogP contribution is 2.21. The fourth-order valence-corrected chi connectivity index (χ4v) is 4.49. The molecule has 2 aromatic rings. The van der Waals surface area contributed by atoms with Crippen molar-refractivity contribution in [1.29, 1.82) is 0 Å². The molecule has 0 spiro atoms. The maximum absolute atomic E-state index is 12.5. The van der Waals surface area contributed by atoms with Crippen LogP contribution in [0.4, 0.5) is 5.95 Å². The number of nitrogens with zero attached hydrogens (tertiary/aromatic N) is 4. The Morgan fingerprint density at radius 2 is 2.07 bits per heavy atom. The first-order valence-electron chi connectivity index (χ1n) is 9.30. The van der Waals surface area contributed by atoms with E-state index in [1.165, 1.54) is 29.1 Å². The summed E-state index contributed by atoms with van der Waals surface area (Å²) in [6, 6.07) is 6.48. The van der Waals surface area contributed by atoms with E-state index in [9.17, 15) is 23.6 Å². The highest BCUT2D eigenvalue weighted by Gasteiger charge is 2.28. The zero-order chi connectivity index (χ0) is 21.0. The number of aryl methyl sites for hydroxylation is 1. The Morgan fingerprint density at radius 1 is 1.34 bits per heavy atom. The monoisotopic (exact) mass is 424 g/mol. The van der Waals surface area contributed by atoms with Crippen molar-refractivity contribution in [3.63, 3.8) is 0 Å². The van der Waals surface area contributed by atoms with Gasteiger partial charge < -0.3 is 15.2 Å². The molecule has 29 heavy (non-hydrogen) atoms. The SMILES string of the molecule is Cc1ccc(S(=O)(=O)OC2CCCN(CC(O)Cn3ccnc3[N+](=O)[O-])C2)cc1. The number of likely N-dealkylation sites (tertiary alicyclic amines) is 1. The van der Waals surface area contributed by atoms with Crippen molar-refractivity contribution in [2.45, 2.75) is 43.4 Å². The molecule has 1 aliphatic rings. The van der Waals surface area contributed by atoms with E-state index in [0.29, 0.717) is 19.5 Å². The number of hydrogen-bond acceptors (Lipinski definition) is 8. The Kier molecular flexibility index (Phi) is 6.63. The van der Waals surface area contributed by atoms with Gasteiger partial charge in [-0.05, 0) is 43.4 Å². The lowest BCUT2D eigenvalue weighted by Crippen LogP contribution is -2.44. The summed E-state index contributed by atoms with van der Waals surface area (Å²) in [7, 11) is -3.86. The number of nitro groups is 1. The fourth-order valence-electron chi connectivity index (χ4n) is 3.40. The molecule has 0 aliphatic carbocycles. The van der Waals surface area contributed by atoms with E-state index >= 15 is 0 Å². The minimum atomic E-state index is -3.86. The van der Waals surface area contributed by atoms with Gasteiger partial charge in [0.15, 0.2) is 0 Å². The number of aliphatic hydroxyl groups excluding tert-OH is 1. The zero-order valence-corrected chi connectivity index (χ0v) is 16.9. The number of β-amino-alcohol motifs (C(OH)–C–C–N with tert-alkyl or cyclic N) is 1. The van der Waals surface area contributed by atoms with Gasteiger partial charge in [-0.2, -0.15) is 8.42 Å². The third kappa shape index (κ3) is 5.60. The molecule has 1 aromatic heterocycles. The summed E-state index contributed by atoms with van der Waals surface area (Å²) in [6.07, 6.45) is 2.71. The van der Waals surface area contributed by atoms with Gasteiger partial charge in [-0.3, -0.25) is 9.08 Å². The first-order valence-corrected chi connectivity index (χ1v) is 10.7. The molecule has 3 rings (SSSR count). The minimum absolute atomic E-state index is 0.0278. The fraction of sp³-hybridized carbons (Fsp3) is 0.500. The number of imidazole rings is 1. The van der Waals surface area contributed by atoms with E-state index in [2.05, 4.69) is 4.98 Å². The summed E-state index contributed by atoms with van der Waals surface area (Å²) < 4.78 is 31.7. The standard InChI is InChI=1S/C18H24N4O6S/c1-14-4-6-17(7-5-14)29(26,27)28-16-3-2-9-20(13-16)11-15(23)12-21-10-8-19-18(21)22(24)25/h4-8,10,15-16,23H,2-3,9,11-13H2,1H3. The first-order chi connectivity index (χ1) is 13.7. The second-order valence-electron chi connectivity index (χ2n) is 7.18. The van der Waals surface area contributed by atoms with Crippen molar-refractivity contribution in [2.24, 2.45) is 0 Å². The number of benzene rings is 1. The number of hydrogen-bond donors (Lipinski definition) is 1. The van der Waals surface area contributed by atoms with E-state index in [4.69, 9.17) is 4.18 Å². The third-order valence-corrected chi connectivity index (χ3v) is 6.14. The van der Waals surface area contributed by atoms with Crippen LogP contribution >= 0.6 is 0 Å². The smallest absolute Gasteiger partial charge is 0.390 e. The topological polar surface area (TPSA) is 128 Å². The lowest BCUT2D eigenvalue weighted by molar-refractivity contribution is -0.397. The summed E-state index contributed by atoms with van der Waals surface area (Å²) in [5, 5.41) is 21.3. The highest BCUT2D eigenvalue weighted by atomic mass is 32.2. The predicted molar refractivity (Wildman–Crippen MR) is 104 cm³/mol. The highest BCUT2D eigenvalue weighted by molar-refractivity contribution is 7.86. The quantitative estimate of drug-likeness (QED) is 0.382. The van der Waals surface area contributed by atoms with Crippen LogP contribution in [0.1, 0.15) is 18.4 Å². The van der Waals surface area contributed by atoms with Crippen LogP contribution < -0.4 is 0 Å². The maximum atomic E-state index is 12.5. The van der Waals surface area contributed by atoms with Gasteiger partial charge in [-0.15, -0.1) is 0 Å². The van der Waals surface area contributed by atoms with Crippen molar-refractivity contribution in [1.82, 2.24) is 14.5 Å². The van der Waals surface area contributed by atoms with Gasteiger partial charge in [-0.1, -0.05) is 22.7 Å². The van der Waals surface area contributed by atoms with E-state index < -0.39 is 27.2 Å². The van der Waals surface area contributed by atoms with Crippen molar-refractivity contribution < 1.29 is 22.6 Å². The van der Waals surface area contributed by atoms with Gasteiger partial charge in [0.05, 0.1) is 23.6 Å². The van der Waals surface area contributed by atoms with Crippen LogP contribution in [0, 0.1) is 17.0 Å². The zero-order valence-electron chi connectivity index (χ0n) is 16.0. The lowest BCUT2D eigenvalue weighted by Gasteiger charge is -2.33. The first kappa shape index (κ1) is 21.4. The van der Waals surface area contributed by atoms with Gasteiger partial charge in [-0.25, -0.2) is 4.57 Å². The van der Waals surface area contributed by atoms with Crippen molar-refractivity contribution in [3.8, 4) is 0 Å². The Bertz CT molecular complexity index is 944. The molecular formula is C18H24N4O6S. The van der Waals surface area contributed by atoms with Crippen molar-refractivity contribution in [3.05, 3.63) is 52.3 Å². The molecule has 11 heteroatoms. The van der Waals surface area contributed by atoms with Crippen LogP contribution in [0.25, 0.3) is 0 Å². The second-order valence-corrected chi connectivity index (χ2v) is 8.75. The van der Waals surface area contributed by atoms with E-state index in [1.54, 1.807) is 12.1 Å². The van der Waals surface area contributed by atoms with Crippen LogP contribution in [-0.4, -0.2) is 64.7 Å². The Hall–Kier alpha value is -2.34. The lowest BCUT2D eigenvalue weighted by atomic mass is 10.1. The molecule has 1 saturated heterocycles. The molecular weight excluding hydrogens is 400 g/mol. The Labute approximate surface area is 169 Å². The van der Waals surface area contributed by atoms with Crippen LogP contribution in [0.2, 0.25) is 0 Å². The molecule has 0 saturated carbocycles. The van der Waals surface area contributed by atoms with Gasteiger partial charge in [0.25, 0.3) is 10.1 Å². The number of piperidine rings is 1. The number of aliphatic hydroxyl groups is 1. The average molecular weight is 424 g/mol. The summed E-state index contributed by atoms with van der Waals surface area (Å²) >= 11 is 0. The average Bonchev–Trinajstić information content (AvgIpc) is 3.10. The molecule has 1 N–H and O–H groups in total. The largest absolute Gasteiger partial charge is 0.434 e. The Morgan fingerprint density at radius 3 is 2.76 bits per heavy atom. The summed E-state index contributed by atoms with van der Waals surface area (Å²) in [6.45, 7) is 3.20. The third-order valence-electron chi connectivity index (χ3n) is 4.77. The molecule has 1 aliphatic heterocycles. The molecule has 0 amide bonds. The van der Waals surface area contributed by atoms with E-state index in [0.717, 1.165) is 12.0 Å². The van der Waals surface area contributed by atoms with Crippen LogP contribution in [0.5, 0.6) is 0 Å². The molecule has 0 radical (unpaired) electrons. The Balaban J connectivity index is 1.56. The summed E-state index contributed by atoms with van der Waals surface area (Å²) in [5.74, 6) is -0.326. The van der Waals surface area contributed by atoms with Gasteiger partial charge >= 0.3 is 5.95 Å². The number of aromatic nitrogens is 2. The molecule has 1 fully saturated rings. The van der Waals surface area contributed by atoms with E-state index in [-0.39, 0.29) is 23.9 Å². The number of rotatable bonds is 8. The summed E-state index contributed by atoms with van der Waals surface area (Å²) in [5.41, 5.74) is 0.958. The van der Waals surface area contributed by atoms with Gasteiger partial charge in [0.1, 0.15) is 12.4 Å². The van der Waals surface area contributed by atoms with Gasteiger partial charge in [0.2, 0.25) is 0 Å². The second kappa shape index (κ2) is 8.99. The molecule has 0 bridgehead atoms. The van der Waals surface area contributed by atoms with Crippen LogP contribution in [-0.2, 0) is 20.8 Å². The van der Waals surface area contributed by atoms with Crippen LogP contribution in [0.15, 0.2) is 41.6 Å². The molecule has 2 atom stereocenters. The minimum Gasteiger partial charge on any atom is -0.390 e. The normalized spacial score (nSPS) is 19.2. The molecule has 2 unspecified atom stereocenters. The molecule has 1 aromatic carbocycles. The van der Waals surface area contributed by atoms with E-state index in [1.807, 2.05) is 11.8 Å². The molecule has 2 heterocycles. The maximum Gasteiger partial charge on any atom is 0.434 e.